The van der Waals surface area contributed by atoms with Gasteiger partial charge in [-0.15, -0.1) is 23.1 Å². The number of hydrogen-bond acceptors (Lipinski definition) is 3. The first kappa shape index (κ1) is 9.85. The minimum Gasteiger partial charge on any atom is -0.192 e. The van der Waals surface area contributed by atoms with Gasteiger partial charge < -0.3 is 0 Å². The molecule has 1 aromatic heterocycles. The molecular weight excluding hydrogens is 234 g/mol. The Morgan fingerprint density at radius 3 is 2.93 bits per heavy atom. The molecule has 0 bridgehead atoms. The normalized spacial score (nSPS) is 10.4. The number of nitriles is 1. The van der Waals surface area contributed by atoms with Gasteiger partial charge in [-0.25, -0.2) is 0 Å². The Bertz CT molecular complexity index is 525. The minimum atomic E-state index is 0.725. The maximum absolute atomic E-state index is 8.92. The Morgan fingerprint density at radius 2 is 2.29 bits per heavy atom. The van der Waals surface area contributed by atoms with Crippen LogP contribution in [0.5, 0.6) is 0 Å². The summed E-state index contributed by atoms with van der Waals surface area (Å²) in [6.45, 7) is 0. The Hall–Kier alpha value is -0.690. The first-order chi connectivity index (χ1) is 6.76. The van der Waals surface area contributed by atoms with Gasteiger partial charge in [0.05, 0.1) is 14.6 Å². The number of halogens is 1. The molecule has 0 aliphatic rings. The summed E-state index contributed by atoms with van der Waals surface area (Å²) in [7, 11) is 0. The third kappa shape index (κ3) is 1.50. The Labute approximate surface area is 95.3 Å². The third-order valence-electron chi connectivity index (χ3n) is 1.94. The molecule has 0 unspecified atom stereocenters. The molecule has 14 heavy (non-hydrogen) atoms. The van der Waals surface area contributed by atoms with Gasteiger partial charge in [0.1, 0.15) is 6.07 Å². The smallest absolute Gasteiger partial charge is 0.100 e. The van der Waals surface area contributed by atoms with Gasteiger partial charge in [-0.3, -0.25) is 0 Å². The van der Waals surface area contributed by atoms with Crippen LogP contribution in [0.2, 0.25) is 4.34 Å². The number of hydrogen-bond donors (Lipinski definition) is 0. The topological polar surface area (TPSA) is 23.8 Å². The van der Waals surface area contributed by atoms with E-state index in [0.717, 1.165) is 24.9 Å². The third-order valence-corrected chi connectivity index (χ3v) is 4.19. The van der Waals surface area contributed by atoms with E-state index in [0.29, 0.717) is 0 Å². The van der Waals surface area contributed by atoms with Gasteiger partial charge in [0.25, 0.3) is 0 Å². The van der Waals surface area contributed by atoms with Gasteiger partial charge >= 0.3 is 0 Å². The van der Waals surface area contributed by atoms with Crippen molar-refractivity contribution < 1.29 is 0 Å². The average molecular weight is 240 g/mol. The number of fused-ring (bicyclic) bond motifs is 1. The van der Waals surface area contributed by atoms with E-state index < -0.39 is 0 Å². The van der Waals surface area contributed by atoms with Gasteiger partial charge in [0, 0.05) is 4.90 Å². The zero-order chi connectivity index (χ0) is 10.1. The summed E-state index contributed by atoms with van der Waals surface area (Å²) >= 11 is 9.05. The summed E-state index contributed by atoms with van der Waals surface area (Å²) in [5.41, 5.74) is 0.725. The lowest BCUT2D eigenvalue weighted by Gasteiger charge is -2.00. The molecule has 2 aromatic rings. The molecule has 0 radical (unpaired) electrons. The first-order valence-corrected chi connectivity index (χ1v) is 6.34. The summed E-state index contributed by atoms with van der Waals surface area (Å²) in [5.74, 6) is 0. The van der Waals surface area contributed by atoms with Gasteiger partial charge in [0.2, 0.25) is 0 Å². The molecule has 0 aliphatic carbocycles. The van der Waals surface area contributed by atoms with Crippen molar-refractivity contribution in [3.63, 3.8) is 0 Å². The van der Waals surface area contributed by atoms with E-state index in [1.807, 2.05) is 24.5 Å². The molecule has 1 aromatic carbocycles. The highest BCUT2D eigenvalue weighted by Gasteiger charge is 2.09. The van der Waals surface area contributed by atoms with Gasteiger partial charge in [-0.05, 0) is 23.8 Å². The van der Waals surface area contributed by atoms with Crippen LogP contribution in [0.15, 0.2) is 23.1 Å². The summed E-state index contributed by atoms with van der Waals surface area (Å²) < 4.78 is 1.88. The molecule has 1 nitrogen and oxygen atoms in total. The Kier molecular flexibility index (Phi) is 2.69. The van der Waals surface area contributed by atoms with Crippen LogP contribution in [0.4, 0.5) is 0 Å². The van der Waals surface area contributed by atoms with Crippen LogP contribution in [-0.4, -0.2) is 6.26 Å². The van der Waals surface area contributed by atoms with Gasteiger partial charge in [-0.1, -0.05) is 17.7 Å². The van der Waals surface area contributed by atoms with Crippen LogP contribution in [0.25, 0.3) is 10.1 Å². The van der Waals surface area contributed by atoms with E-state index in [2.05, 4.69) is 6.07 Å². The number of thiophene rings is 1. The zero-order valence-electron chi connectivity index (χ0n) is 7.37. The second-order valence-electron chi connectivity index (χ2n) is 2.73. The predicted molar refractivity (Wildman–Crippen MR) is 63.3 cm³/mol. The van der Waals surface area contributed by atoms with E-state index in [4.69, 9.17) is 16.9 Å². The van der Waals surface area contributed by atoms with Crippen molar-refractivity contribution in [2.45, 2.75) is 4.90 Å². The van der Waals surface area contributed by atoms with Crippen LogP contribution in [0.1, 0.15) is 5.56 Å². The van der Waals surface area contributed by atoms with Crippen molar-refractivity contribution >= 4 is 44.8 Å². The SMILES string of the molecule is CSc1c(C#N)ccc2cc(Cl)sc12. The molecular formula is C10H6ClNS2. The fourth-order valence-electron chi connectivity index (χ4n) is 1.34. The molecule has 0 spiro atoms. The van der Waals surface area contributed by atoms with Crippen molar-refractivity contribution in [1.82, 2.24) is 0 Å². The van der Waals surface area contributed by atoms with Gasteiger partial charge in [-0.2, -0.15) is 5.26 Å². The summed E-state index contributed by atoms with van der Waals surface area (Å²) in [6.07, 6.45) is 1.98. The number of benzene rings is 1. The standard InChI is InChI=1S/C10H6ClNS2/c1-13-9-7(5-12)3-2-6-4-8(11)14-10(6)9/h2-4H,1H3. The molecule has 0 atom stereocenters. The Balaban J connectivity index is 2.84. The molecule has 0 aliphatic heterocycles. The van der Waals surface area contributed by atoms with Crippen LogP contribution in [0, 0.1) is 11.3 Å². The zero-order valence-corrected chi connectivity index (χ0v) is 9.76. The van der Waals surface area contributed by atoms with E-state index in [-0.39, 0.29) is 0 Å². The highest BCUT2D eigenvalue weighted by molar-refractivity contribution is 7.99. The van der Waals surface area contributed by atoms with E-state index >= 15 is 0 Å². The Morgan fingerprint density at radius 1 is 1.50 bits per heavy atom. The molecule has 0 fully saturated rings. The lowest BCUT2D eigenvalue weighted by molar-refractivity contribution is 1.43. The lowest BCUT2D eigenvalue weighted by atomic mass is 10.2. The highest BCUT2D eigenvalue weighted by atomic mass is 35.5. The molecule has 0 N–H and O–H groups in total. The lowest BCUT2D eigenvalue weighted by Crippen LogP contribution is -1.79. The maximum atomic E-state index is 8.92. The number of nitrogens with zero attached hydrogens (tertiary/aromatic N) is 1. The van der Waals surface area contributed by atoms with E-state index in [1.165, 1.54) is 11.3 Å². The fraction of sp³-hybridized carbons (Fsp3) is 0.100. The van der Waals surface area contributed by atoms with Crippen molar-refractivity contribution in [2.24, 2.45) is 0 Å². The summed E-state index contributed by atoms with van der Waals surface area (Å²) in [4.78, 5) is 1.03. The number of rotatable bonds is 1. The number of thioether (sulfide) groups is 1. The van der Waals surface area contributed by atoms with E-state index in [1.54, 1.807) is 11.8 Å². The predicted octanol–water partition coefficient (Wildman–Crippen LogP) is 4.15. The quantitative estimate of drug-likeness (QED) is 0.698. The van der Waals surface area contributed by atoms with Crippen molar-refractivity contribution in [3.05, 3.63) is 28.1 Å². The summed E-state index contributed by atoms with van der Waals surface area (Å²) in [5, 5.41) is 10.0. The fourth-order valence-corrected chi connectivity index (χ4v) is 3.53. The molecule has 4 heteroatoms. The van der Waals surface area contributed by atoms with Crippen LogP contribution in [-0.2, 0) is 0 Å². The second kappa shape index (κ2) is 3.82. The van der Waals surface area contributed by atoms with Crippen molar-refractivity contribution in [3.8, 4) is 6.07 Å². The molecule has 0 saturated heterocycles. The van der Waals surface area contributed by atoms with Crippen molar-refractivity contribution in [2.75, 3.05) is 6.26 Å². The highest BCUT2D eigenvalue weighted by Crippen LogP contribution is 2.37. The average Bonchev–Trinajstić information content (AvgIpc) is 2.56. The molecule has 1 heterocycles. The molecule has 0 amide bonds. The van der Waals surface area contributed by atoms with Crippen LogP contribution >= 0.6 is 34.7 Å². The largest absolute Gasteiger partial charge is 0.192 e. The molecule has 2 rings (SSSR count). The van der Waals surface area contributed by atoms with Crippen LogP contribution < -0.4 is 0 Å². The van der Waals surface area contributed by atoms with Crippen molar-refractivity contribution in [1.29, 1.82) is 5.26 Å². The monoisotopic (exact) mass is 239 g/mol. The maximum Gasteiger partial charge on any atom is 0.100 e. The second-order valence-corrected chi connectivity index (χ2v) is 5.23. The molecule has 70 valence electrons. The summed E-state index contributed by atoms with van der Waals surface area (Å²) in [6, 6.07) is 7.91. The minimum absolute atomic E-state index is 0.725. The van der Waals surface area contributed by atoms with Gasteiger partial charge in [0.15, 0.2) is 0 Å². The molecule has 0 saturated carbocycles. The van der Waals surface area contributed by atoms with Crippen LogP contribution in [0.3, 0.4) is 0 Å². The van der Waals surface area contributed by atoms with E-state index in [9.17, 15) is 0 Å². The first-order valence-electron chi connectivity index (χ1n) is 3.92.